The average molecular weight is 248 g/mol. The molecule has 0 aliphatic carbocycles. The largest absolute Gasteiger partial charge is 0.204 e. The van der Waals surface area contributed by atoms with Crippen LogP contribution in [0.3, 0.4) is 0 Å². The molecule has 0 bridgehead atoms. The molecule has 0 saturated carbocycles. The Morgan fingerprint density at radius 3 is 1.89 bits per heavy atom. The molecule has 0 aliphatic rings. The Morgan fingerprint density at radius 2 is 1.47 bits per heavy atom. The standard InChI is InChI=1S/C16H9FN2/c1-2-11-3-5-12(6-4-11)13-7-14(9-18)16(17)15(8-13)10-19/h2-8H,1H2. The van der Waals surface area contributed by atoms with Crippen molar-refractivity contribution in [3.05, 3.63) is 65.5 Å². The summed E-state index contributed by atoms with van der Waals surface area (Å²) in [7, 11) is 0. The quantitative estimate of drug-likeness (QED) is 0.809. The Labute approximate surface area is 110 Å². The molecule has 3 heteroatoms. The van der Waals surface area contributed by atoms with Crippen molar-refractivity contribution in [3.8, 4) is 23.3 Å². The third kappa shape index (κ3) is 2.36. The van der Waals surface area contributed by atoms with E-state index >= 15 is 0 Å². The Bertz CT molecular complexity index is 681. The zero-order valence-electron chi connectivity index (χ0n) is 10.0. The van der Waals surface area contributed by atoms with Gasteiger partial charge in [-0.05, 0) is 28.8 Å². The first kappa shape index (κ1) is 12.5. The fraction of sp³-hybridized carbons (Fsp3) is 0. The van der Waals surface area contributed by atoms with Crippen LogP contribution >= 0.6 is 0 Å². The van der Waals surface area contributed by atoms with Gasteiger partial charge >= 0.3 is 0 Å². The van der Waals surface area contributed by atoms with Crippen LogP contribution in [0.1, 0.15) is 16.7 Å². The van der Waals surface area contributed by atoms with E-state index in [9.17, 15) is 4.39 Å². The van der Waals surface area contributed by atoms with Gasteiger partial charge in [0.1, 0.15) is 12.1 Å². The second kappa shape index (κ2) is 5.16. The van der Waals surface area contributed by atoms with Crippen LogP contribution in [0.15, 0.2) is 43.0 Å². The molecule has 0 radical (unpaired) electrons. The minimum absolute atomic E-state index is 0.123. The van der Waals surface area contributed by atoms with Gasteiger partial charge in [-0.3, -0.25) is 0 Å². The van der Waals surface area contributed by atoms with E-state index in [1.54, 1.807) is 18.2 Å². The maximum Gasteiger partial charge on any atom is 0.158 e. The molecule has 90 valence electrons. The van der Waals surface area contributed by atoms with Gasteiger partial charge in [-0.1, -0.05) is 36.9 Å². The van der Waals surface area contributed by atoms with E-state index in [-0.39, 0.29) is 11.1 Å². The van der Waals surface area contributed by atoms with Gasteiger partial charge in [-0.25, -0.2) is 4.39 Å². The van der Waals surface area contributed by atoms with Gasteiger partial charge in [0.05, 0.1) is 11.1 Å². The topological polar surface area (TPSA) is 47.6 Å². The maximum absolute atomic E-state index is 13.6. The van der Waals surface area contributed by atoms with Crippen LogP contribution in [0.25, 0.3) is 17.2 Å². The smallest absolute Gasteiger partial charge is 0.158 e. The Balaban J connectivity index is 2.59. The predicted molar refractivity (Wildman–Crippen MR) is 71.4 cm³/mol. The van der Waals surface area contributed by atoms with Crippen molar-refractivity contribution < 1.29 is 4.39 Å². The van der Waals surface area contributed by atoms with Gasteiger partial charge in [0.15, 0.2) is 5.82 Å². The lowest BCUT2D eigenvalue weighted by atomic mass is 9.99. The zero-order valence-corrected chi connectivity index (χ0v) is 10.0. The third-order valence-electron chi connectivity index (χ3n) is 2.79. The lowest BCUT2D eigenvalue weighted by Gasteiger charge is -2.05. The van der Waals surface area contributed by atoms with Crippen molar-refractivity contribution >= 4 is 6.08 Å². The molecule has 0 unspecified atom stereocenters. The number of nitrogens with zero attached hydrogens (tertiary/aromatic N) is 2. The molecule has 0 saturated heterocycles. The maximum atomic E-state index is 13.6. The first-order chi connectivity index (χ1) is 9.19. The zero-order chi connectivity index (χ0) is 13.8. The summed E-state index contributed by atoms with van der Waals surface area (Å²) >= 11 is 0. The predicted octanol–water partition coefficient (Wildman–Crippen LogP) is 3.88. The first-order valence-electron chi connectivity index (χ1n) is 5.56. The second-order valence-electron chi connectivity index (χ2n) is 3.94. The molecular weight excluding hydrogens is 239 g/mol. The summed E-state index contributed by atoms with van der Waals surface area (Å²) in [4.78, 5) is 0. The minimum atomic E-state index is -0.767. The fourth-order valence-electron chi connectivity index (χ4n) is 1.77. The van der Waals surface area contributed by atoms with Crippen molar-refractivity contribution in [2.75, 3.05) is 0 Å². The summed E-state index contributed by atoms with van der Waals surface area (Å²) in [5.41, 5.74) is 2.18. The Kier molecular flexibility index (Phi) is 3.41. The number of hydrogen-bond donors (Lipinski definition) is 0. The highest BCUT2D eigenvalue weighted by Gasteiger charge is 2.11. The minimum Gasteiger partial charge on any atom is -0.204 e. The van der Waals surface area contributed by atoms with Crippen LogP contribution in [0.4, 0.5) is 4.39 Å². The van der Waals surface area contributed by atoms with Crippen molar-refractivity contribution in [2.24, 2.45) is 0 Å². The van der Waals surface area contributed by atoms with Gasteiger partial charge in [-0.15, -0.1) is 0 Å². The van der Waals surface area contributed by atoms with Crippen LogP contribution in [-0.4, -0.2) is 0 Å². The molecule has 19 heavy (non-hydrogen) atoms. The average Bonchev–Trinajstić information content (AvgIpc) is 2.47. The summed E-state index contributed by atoms with van der Waals surface area (Å²) in [6, 6.07) is 13.8. The monoisotopic (exact) mass is 248 g/mol. The van der Waals surface area contributed by atoms with Gasteiger partial charge in [0.2, 0.25) is 0 Å². The SMILES string of the molecule is C=Cc1ccc(-c2cc(C#N)c(F)c(C#N)c2)cc1. The fourth-order valence-corrected chi connectivity index (χ4v) is 1.77. The molecule has 0 N–H and O–H groups in total. The second-order valence-corrected chi connectivity index (χ2v) is 3.94. The summed E-state index contributed by atoms with van der Waals surface area (Å²) in [6.45, 7) is 3.66. The van der Waals surface area contributed by atoms with E-state index in [1.165, 1.54) is 12.1 Å². The molecule has 0 fully saturated rings. The summed E-state index contributed by atoms with van der Waals surface area (Å²) in [5, 5.41) is 17.8. The van der Waals surface area contributed by atoms with Gasteiger partial charge in [0, 0.05) is 0 Å². The number of hydrogen-bond acceptors (Lipinski definition) is 2. The number of halogens is 1. The van der Waals surface area contributed by atoms with Crippen LogP contribution in [0.2, 0.25) is 0 Å². The first-order valence-corrected chi connectivity index (χ1v) is 5.56. The van der Waals surface area contributed by atoms with Crippen LogP contribution in [0, 0.1) is 28.5 Å². The van der Waals surface area contributed by atoms with Crippen molar-refractivity contribution in [1.29, 1.82) is 10.5 Å². The van der Waals surface area contributed by atoms with E-state index in [0.29, 0.717) is 5.56 Å². The van der Waals surface area contributed by atoms with Crippen molar-refractivity contribution in [2.45, 2.75) is 0 Å². The lowest BCUT2D eigenvalue weighted by molar-refractivity contribution is 0.620. The van der Waals surface area contributed by atoms with Gasteiger partial charge in [-0.2, -0.15) is 10.5 Å². The highest BCUT2D eigenvalue weighted by atomic mass is 19.1. The summed E-state index contributed by atoms with van der Waals surface area (Å²) < 4.78 is 13.6. The highest BCUT2D eigenvalue weighted by Crippen LogP contribution is 2.25. The molecule has 2 nitrogen and oxygen atoms in total. The van der Waals surface area contributed by atoms with E-state index < -0.39 is 5.82 Å². The van der Waals surface area contributed by atoms with Crippen LogP contribution in [-0.2, 0) is 0 Å². The summed E-state index contributed by atoms with van der Waals surface area (Å²) in [6.07, 6.45) is 1.72. The normalized spacial score (nSPS) is 9.42. The van der Waals surface area contributed by atoms with E-state index in [2.05, 4.69) is 6.58 Å². The molecule has 2 aromatic carbocycles. The van der Waals surface area contributed by atoms with Crippen molar-refractivity contribution in [1.82, 2.24) is 0 Å². The Morgan fingerprint density at radius 1 is 0.947 bits per heavy atom. The molecule has 0 atom stereocenters. The van der Waals surface area contributed by atoms with Crippen molar-refractivity contribution in [3.63, 3.8) is 0 Å². The number of rotatable bonds is 2. The molecule has 0 amide bonds. The summed E-state index contributed by atoms with van der Waals surface area (Å²) in [5.74, 6) is -0.767. The van der Waals surface area contributed by atoms with E-state index in [0.717, 1.165) is 11.1 Å². The molecule has 2 aromatic rings. The van der Waals surface area contributed by atoms with Gasteiger partial charge in [0.25, 0.3) is 0 Å². The number of benzene rings is 2. The van der Waals surface area contributed by atoms with Crippen LogP contribution in [0.5, 0.6) is 0 Å². The highest BCUT2D eigenvalue weighted by molar-refractivity contribution is 5.69. The molecular formula is C16H9FN2. The Hall–Kier alpha value is -2.91. The van der Waals surface area contributed by atoms with E-state index in [4.69, 9.17) is 10.5 Å². The van der Waals surface area contributed by atoms with E-state index in [1.807, 2.05) is 24.3 Å². The third-order valence-corrected chi connectivity index (χ3v) is 2.79. The number of nitriles is 2. The lowest BCUT2D eigenvalue weighted by Crippen LogP contribution is -1.92. The molecule has 2 rings (SSSR count). The molecule has 0 heterocycles. The molecule has 0 spiro atoms. The van der Waals surface area contributed by atoms with Crippen LogP contribution < -0.4 is 0 Å². The molecule has 0 aliphatic heterocycles. The van der Waals surface area contributed by atoms with Gasteiger partial charge < -0.3 is 0 Å². The molecule has 0 aromatic heterocycles.